The number of ether oxygens (including phenoxy) is 2. The summed E-state index contributed by atoms with van der Waals surface area (Å²) in [6.45, 7) is 4.98. The quantitative estimate of drug-likeness (QED) is 0.0215. The van der Waals surface area contributed by atoms with E-state index in [0.717, 1.165) is 32.1 Å². The zero-order valence-electron chi connectivity index (χ0n) is 37.9. The molecule has 0 aromatic rings. The van der Waals surface area contributed by atoms with E-state index in [1.165, 1.54) is 180 Å². The number of quaternary nitrogens is 1. The minimum absolute atomic E-state index is 0.0546. The van der Waals surface area contributed by atoms with Crippen LogP contribution in [0.2, 0.25) is 0 Å². The van der Waals surface area contributed by atoms with Crippen LogP contribution in [-0.2, 0) is 27.9 Å². The van der Waals surface area contributed by atoms with Crippen molar-refractivity contribution in [2.75, 3.05) is 47.5 Å². The normalized spacial score (nSPS) is 13.7. The van der Waals surface area contributed by atoms with E-state index in [1.54, 1.807) is 6.26 Å². The summed E-state index contributed by atoms with van der Waals surface area (Å²) in [7, 11) is 1.65. The molecule has 2 atom stereocenters. The van der Waals surface area contributed by atoms with Crippen molar-refractivity contribution in [1.82, 2.24) is 0 Å². The summed E-state index contributed by atoms with van der Waals surface area (Å²) < 4.78 is 34.8. The standard InChI is InChI=1S/C47H94NO7P/c1-6-8-10-12-14-16-18-20-22-24-25-27-29-31-33-35-37-39-42-52-44-46(45-54-56(50,51)53-43-41-48(3,4)5)55-47(49)40-38-36-34-32-30-28-26-23-21-19-17-15-13-11-9-7-2/h39,42,46H,6-38,40-41,43-45H2,1-5H3/p+1/b42-39+/t46-/m1/s1. The van der Waals surface area contributed by atoms with Gasteiger partial charge in [-0.15, -0.1) is 0 Å². The van der Waals surface area contributed by atoms with E-state index >= 15 is 0 Å². The summed E-state index contributed by atoms with van der Waals surface area (Å²) >= 11 is 0. The van der Waals surface area contributed by atoms with Crippen LogP contribution in [0.5, 0.6) is 0 Å². The van der Waals surface area contributed by atoms with E-state index in [0.29, 0.717) is 17.4 Å². The summed E-state index contributed by atoms with van der Waals surface area (Å²) in [5, 5.41) is 0. The SMILES string of the molecule is CCCCCCCCCCCCCCCCCC/C=C/OC[C@H](COP(=O)(O)OCC[N+](C)(C)C)OC(=O)CCCCCCCCCCCCCCCCCC. The van der Waals surface area contributed by atoms with E-state index in [2.05, 4.69) is 13.8 Å². The van der Waals surface area contributed by atoms with Crippen LogP contribution in [0.1, 0.15) is 232 Å². The first kappa shape index (κ1) is 55.1. The van der Waals surface area contributed by atoms with Crippen molar-refractivity contribution < 1.29 is 37.3 Å². The van der Waals surface area contributed by atoms with Gasteiger partial charge in [-0.05, 0) is 25.3 Å². The molecule has 0 aliphatic rings. The van der Waals surface area contributed by atoms with Crippen LogP contribution in [0.25, 0.3) is 0 Å². The van der Waals surface area contributed by atoms with Crippen molar-refractivity contribution >= 4 is 13.8 Å². The molecule has 0 heterocycles. The summed E-state index contributed by atoms with van der Waals surface area (Å²) in [6, 6.07) is 0. The summed E-state index contributed by atoms with van der Waals surface area (Å²) in [5.74, 6) is -0.330. The summed E-state index contributed by atoms with van der Waals surface area (Å²) in [4.78, 5) is 22.9. The molecule has 1 unspecified atom stereocenters. The molecule has 8 nitrogen and oxygen atoms in total. The predicted molar refractivity (Wildman–Crippen MR) is 238 cm³/mol. The molecule has 0 aromatic carbocycles. The van der Waals surface area contributed by atoms with E-state index < -0.39 is 13.9 Å². The highest BCUT2D eigenvalue weighted by molar-refractivity contribution is 7.47. The summed E-state index contributed by atoms with van der Waals surface area (Å²) in [5.41, 5.74) is 0. The van der Waals surface area contributed by atoms with Crippen molar-refractivity contribution in [3.63, 3.8) is 0 Å². The number of nitrogens with zero attached hydrogens (tertiary/aromatic N) is 1. The average Bonchev–Trinajstić information content (AvgIpc) is 3.15. The van der Waals surface area contributed by atoms with Crippen LogP contribution < -0.4 is 0 Å². The molecule has 0 spiro atoms. The second-order valence-corrected chi connectivity index (χ2v) is 19.0. The molecule has 0 fully saturated rings. The molecule has 0 aromatic heterocycles. The number of allylic oxidation sites excluding steroid dienone is 1. The third-order valence-electron chi connectivity index (χ3n) is 10.7. The van der Waals surface area contributed by atoms with Crippen LogP contribution in [0.4, 0.5) is 0 Å². The molecule has 334 valence electrons. The van der Waals surface area contributed by atoms with E-state index in [4.69, 9.17) is 18.5 Å². The van der Waals surface area contributed by atoms with Crippen molar-refractivity contribution in [1.29, 1.82) is 0 Å². The van der Waals surface area contributed by atoms with Gasteiger partial charge in [0.15, 0.2) is 6.10 Å². The fourth-order valence-corrected chi connectivity index (χ4v) is 7.67. The van der Waals surface area contributed by atoms with Gasteiger partial charge < -0.3 is 18.9 Å². The fourth-order valence-electron chi connectivity index (χ4n) is 6.93. The lowest BCUT2D eigenvalue weighted by molar-refractivity contribution is -0.870. The molecule has 56 heavy (non-hydrogen) atoms. The second kappa shape index (κ2) is 40.8. The molecule has 1 N–H and O–H groups in total. The molecule has 0 saturated carbocycles. The lowest BCUT2D eigenvalue weighted by Crippen LogP contribution is -2.37. The molecular formula is C47H95NO7P+. The van der Waals surface area contributed by atoms with Gasteiger partial charge >= 0.3 is 13.8 Å². The molecule has 0 aliphatic heterocycles. The van der Waals surface area contributed by atoms with E-state index in [9.17, 15) is 14.3 Å². The van der Waals surface area contributed by atoms with Gasteiger partial charge in [0.1, 0.15) is 19.8 Å². The third-order valence-corrected chi connectivity index (χ3v) is 11.7. The molecule has 0 rings (SSSR count). The highest BCUT2D eigenvalue weighted by Gasteiger charge is 2.26. The Morgan fingerprint density at radius 2 is 0.929 bits per heavy atom. The van der Waals surface area contributed by atoms with Crippen LogP contribution >= 0.6 is 7.82 Å². The van der Waals surface area contributed by atoms with Gasteiger partial charge in [0.25, 0.3) is 0 Å². The number of unbranched alkanes of at least 4 members (excludes halogenated alkanes) is 31. The number of carbonyl (C=O) groups excluding carboxylic acids is 1. The largest absolute Gasteiger partial charge is 0.498 e. The average molecular weight is 817 g/mol. The number of hydrogen-bond donors (Lipinski definition) is 1. The number of likely N-dealkylation sites (N-methyl/N-ethyl adjacent to an activating group) is 1. The Balaban J connectivity index is 4.19. The molecule has 0 saturated heterocycles. The smallest absolute Gasteiger partial charge is 0.472 e. The number of phosphoric acid groups is 1. The van der Waals surface area contributed by atoms with Gasteiger partial charge in [-0.3, -0.25) is 13.8 Å². The van der Waals surface area contributed by atoms with Crippen molar-refractivity contribution in [2.45, 2.75) is 238 Å². The molecule has 0 aliphatic carbocycles. The second-order valence-electron chi connectivity index (χ2n) is 17.6. The van der Waals surface area contributed by atoms with Gasteiger partial charge in [-0.2, -0.15) is 0 Å². The fraction of sp³-hybridized carbons (Fsp3) is 0.936. The van der Waals surface area contributed by atoms with Crippen LogP contribution in [0, 0.1) is 0 Å². The predicted octanol–water partition coefficient (Wildman–Crippen LogP) is 14.6. The first-order valence-corrected chi connectivity index (χ1v) is 25.5. The Morgan fingerprint density at radius 3 is 1.32 bits per heavy atom. The first-order valence-electron chi connectivity index (χ1n) is 24.0. The Hall–Kier alpha value is -0.920. The van der Waals surface area contributed by atoms with Crippen LogP contribution in [0.15, 0.2) is 12.3 Å². The van der Waals surface area contributed by atoms with Gasteiger partial charge in [0.2, 0.25) is 0 Å². The highest BCUT2D eigenvalue weighted by Crippen LogP contribution is 2.43. The number of hydrogen-bond acceptors (Lipinski definition) is 6. The molecule has 0 bridgehead atoms. The Morgan fingerprint density at radius 1 is 0.554 bits per heavy atom. The Kier molecular flexibility index (Phi) is 40.2. The maximum absolute atomic E-state index is 12.7. The molecule has 0 radical (unpaired) electrons. The van der Waals surface area contributed by atoms with Gasteiger partial charge in [0.05, 0.1) is 34.0 Å². The van der Waals surface area contributed by atoms with Crippen LogP contribution in [0.3, 0.4) is 0 Å². The lowest BCUT2D eigenvalue weighted by Gasteiger charge is -2.24. The monoisotopic (exact) mass is 817 g/mol. The maximum Gasteiger partial charge on any atom is 0.472 e. The molecular weight excluding hydrogens is 721 g/mol. The van der Waals surface area contributed by atoms with E-state index in [1.807, 2.05) is 27.2 Å². The minimum atomic E-state index is -4.29. The zero-order chi connectivity index (χ0) is 41.3. The lowest BCUT2D eigenvalue weighted by atomic mass is 10.0. The number of esters is 1. The van der Waals surface area contributed by atoms with Crippen LogP contribution in [-0.4, -0.2) is 69.0 Å². The zero-order valence-corrected chi connectivity index (χ0v) is 38.8. The Bertz CT molecular complexity index is 909. The third kappa shape index (κ3) is 44.2. The molecule has 0 amide bonds. The van der Waals surface area contributed by atoms with Crippen molar-refractivity contribution in [3.8, 4) is 0 Å². The number of carbonyl (C=O) groups is 1. The number of rotatable bonds is 45. The van der Waals surface area contributed by atoms with Crippen molar-refractivity contribution in [2.24, 2.45) is 0 Å². The van der Waals surface area contributed by atoms with Gasteiger partial charge in [-0.1, -0.05) is 206 Å². The summed E-state index contributed by atoms with van der Waals surface area (Å²) in [6.07, 6.45) is 46.3. The first-order chi connectivity index (χ1) is 27.1. The topological polar surface area (TPSA) is 91.3 Å². The maximum atomic E-state index is 12.7. The highest BCUT2D eigenvalue weighted by atomic mass is 31.2. The van der Waals surface area contributed by atoms with E-state index in [-0.39, 0.29) is 25.8 Å². The van der Waals surface area contributed by atoms with Gasteiger partial charge in [0, 0.05) is 6.42 Å². The number of phosphoric ester groups is 1. The van der Waals surface area contributed by atoms with Gasteiger partial charge in [-0.25, -0.2) is 4.57 Å². The Labute approximate surface area is 348 Å². The van der Waals surface area contributed by atoms with Crippen molar-refractivity contribution in [3.05, 3.63) is 12.3 Å². The minimum Gasteiger partial charge on any atom is -0.498 e. The molecule has 9 heteroatoms.